The summed E-state index contributed by atoms with van der Waals surface area (Å²) < 4.78 is 13.5. The molecule has 72 heavy (non-hydrogen) atoms. The summed E-state index contributed by atoms with van der Waals surface area (Å²) in [5, 5.41) is 2.22. The predicted molar refractivity (Wildman–Crippen MR) is 291 cm³/mol. The Morgan fingerprint density at radius 3 is 1.81 bits per heavy atom. The predicted octanol–water partition coefficient (Wildman–Crippen LogP) is 16.5. The van der Waals surface area contributed by atoms with Gasteiger partial charge in [-0.05, 0) is 113 Å². The largest absolute Gasteiger partial charge is 0.510 e. The molecule has 0 N–H and O–H groups in total. The van der Waals surface area contributed by atoms with E-state index in [1.807, 2.05) is 24.4 Å². The molecule has 11 aromatic rings. The van der Waals surface area contributed by atoms with Crippen LogP contribution in [0.5, 0.6) is 11.5 Å². The maximum Gasteiger partial charge on any atom is 0.268 e. The number of ether oxygens (including phenoxy) is 1. The summed E-state index contributed by atoms with van der Waals surface area (Å²) in [5.41, 5.74) is 18.8. The number of benzene rings is 8. The van der Waals surface area contributed by atoms with E-state index in [1.54, 1.807) is 0 Å². The number of aromatic nitrogens is 4. The zero-order chi connectivity index (χ0) is 49.0. The van der Waals surface area contributed by atoms with Gasteiger partial charge < -0.3 is 13.9 Å². The first-order valence-electron chi connectivity index (χ1n) is 24.7. The molecule has 0 atom stereocenters. The molecular formula is C66H56N4OPt-2. The maximum absolute atomic E-state index is 6.81. The zero-order valence-electron chi connectivity index (χ0n) is 42.3. The molecule has 0 saturated carbocycles. The number of hydrogen-bond donors (Lipinski definition) is 0. The smallest absolute Gasteiger partial charge is 0.268 e. The molecule has 1 aliphatic heterocycles. The van der Waals surface area contributed by atoms with Crippen LogP contribution in [0.3, 0.4) is 0 Å². The monoisotopic (exact) mass is 1120 g/mol. The van der Waals surface area contributed by atoms with Gasteiger partial charge in [-0.1, -0.05) is 183 Å². The van der Waals surface area contributed by atoms with E-state index in [0.29, 0.717) is 11.5 Å². The Morgan fingerprint density at radius 2 is 1.11 bits per heavy atom. The van der Waals surface area contributed by atoms with E-state index in [4.69, 9.17) is 9.72 Å². The van der Waals surface area contributed by atoms with Crippen molar-refractivity contribution in [3.63, 3.8) is 0 Å². The fourth-order valence-electron chi connectivity index (χ4n) is 10.5. The second-order valence-electron chi connectivity index (χ2n) is 22.1. The second kappa shape index (κ2) is 17.5. The number of pyridine rings is 1. The Kier molecular flexibility index (Phi) is 11.4. The summed E-state index contributed by atoms with van der Waals surface area (Å²) in [6.45, 7) is 20.4. The molecule has 1 aliphatic rings. The molecule has 0 radical (unpaired) electrons. The minimum Gasteiger partial charge on any atom is -0.510 e. The van der Waals surface area contributed by atoms with Gasteiger partial charge in [0.15, 0.2) is 0 Å². The molecular weight excluding hydrogens is 1060 g/mol. The number of hydrogen-bond acceptors (Lipinski definition) is 2. The van der Waals surface area contributed by atoms with E-state index in [0.717, 1.165) is 77.8 Å². The fourth-order valence-corrected chi connectivity index (χ4v) is 10.5. The third-order valence-electron chi connectivity index (χ3n) is 14.2. The first-order valence-corrected chi connectivity index (χ1v) is 24.7. The number of rotatable bonds is 5. The minimum atomic E-state index is -0.194. The van der Waals surface area contributed by atoms with Crippen LogP contribution in [0.15, 0.2) is 176 Å². The summed E-state index contributed by atoms with van der Waals surface area (Å²) in [4.78, 5) is 4.90. The molecule has 5 nitrogen and oxygen atoms in total. The van der Waals surface area contributed by atoms with Crippen LogP contribution < -0.4 is 9.30 Å². The van der Waals surface area contributed by atoms with Crippen molar-refractivity contribution >= 4 is 32.8 Å². The molecule has 4 heterocycles. The zero-order valence-corrected chi connectivity index (χ0v) is 44.5. The van der Waals surface area contributed by atoms with E-state index < -0.39 is 0 Å². The Bertz CT molecular complexity index is 3910. The van der Waals surface area contributed by atoms with Crippen molar-refractivity contribution in [1.29, 1.82) is 0 Å². The van der Waals surface area contributed by atoms with Gasteiger partial charge in [-0.3, -0.25) is 4.57 Å². The Labute approximate surface area is 437 Å². The van der Waals surface area contributed by atoms with Crippen LogP contribution in [0, 0.1) is 18.5 Å². The number of nitrogens with zero attached hydrogens (tertiary/aromatic N) is 4. The molecule has 0 spiro atoms. The maximum atomic E-state index is 6.81. The van der Waals surface area contributed by atoms with Crippen LogP contribution in [0.4, 0.5) is 0 Å². The van der Waals surface area contributed by atoms with Crippen molar-refractivity contribution in [3.05, 3.63) is 211 Å². The van der Waals surface area contributed by atoms with E-state index in [2.05, 4.69) is 246 Å². The normalized spacial score (nSPS) is 12.4. The van der Waals surface area contributed by atoms with Crippen LogP contribution >= 0.6 is 0 Å². The van der Waals surface area contributed by atoms with Gasteiger partial charge >= 0.3 is 0 Å². The van der Waals surface area contributed by atoms with Crippen LogP contribution in [-0.4, -0.2) is 14.1 Å². The summed E-state index contributed by atoms with van der Waals surface area (Å²) >= 11 is 0. The van der Waals surface area contributed by atoms with Crippen molar-refractivity contribution in [2.24, 2.45) is 0 Å². The van der Waals surface area contributed by atoms with Crippen molar-refractivity contribution in [2.75, 3.05) is 0 Å². The quantitative estimate of drug-likeness (QED) is 0.127. The molecule has 3 aromatic heterocycles. The SMILES string of the molecule is CC(C)(C)c1ccc(-c2cc3c4c(c2)n(-c2[c-]c(Oc5[c-]c6c(cc5)c5ccccc5n6-c5cc(C(C)(C)C)ccn5)ccc2)[c-][n+]4-c2c(cccc2C(C)(C)C)-c2ccccc2-c2ccccc2-3)cc1.[Pt]. The number of imidazole rings is 1. The summed E-state index contributed by atoms with van der Waals surface area (Å²) in [5.74, 6) is 2.00. The van der Waals surface area contributed by atoms with Crippen molar-refractivity contribution in [3.8, 4) is 73.2 Å². The van der Waals surface area contributed by atoms with E-state index in [1.165, 1.54) is 33.4 Å². The van der Waals surface area contributed by atoms with Gasteiger partial charge in [-0.25, -0.2) is 4.98 Å². The molecule has 12 rings (SSSR count). The van der Waals surface area contributed by atoms with Crippen molar-refractivity contribution in [2.45, 2.75) is 78.6 Å². The molecule has 6 heteroatoms. The number of para-hydroxylation sites is 2. The minimum absolute atomic E-state index is 0. The number of fused-ring (bicyclic) bond motifs is 10. The van der Waals surface area contributed by atoms with Gasteiger partial charge in [-0.2, -0.15) is 18.2 Å². The van der Waals surface area contributed by atoms with Crippen LogP contribution in [0.25, 0.3) is 94.5 Å². The van der Waals surface area contributed by atoms with Gasteiger partial charge in [0.1, 0.15) is 5.82 Å². The van der Waals surface area contributed by atoms with Gasteiger partial charge in [0.25, 0.3) is 6.33 Å². The average molecular weight is 1120 g/mol. The molecule has 0 saturated heterocycles. The molecule has 0 bridgehead atoms. The molecule has 8 aromatic carbocycles. The standard InChI is InChI=1S/C66H56N4O.Pt/c1-64(2,3)44-30-28-42(29-31-44)43-36-56-52-23-13-11-21-50(52)49-20-10-12-22-51(49)55-25-17-26-57(66(7,8)9)62(55)69-41-68(60(37-43)63(56)69)46-18-16-19-47(39-46)71-48-32-33-54-53-24-14-15-27-58(53)70(59(54)40-48)61-38-45(34-35-67-61)65(4,5)6;/h10-38H,1-9H3;/q-2;. The van der Waals surface area contributed by atoms with Crippen LogP contribution in [0.2, 0.25) is 0 Å². The molecule has 0 amide bonds. The third kappa shape index (κ3) is 7.99. The van der Waals surface area contributed by atoms with E-state index in [-0.39, 0.29) is 37.3 Å². The van der Waals surface area contributed by atoms with E-state index in [9.17, 15) is 0 Å². The van der Waals surface area contributed by atoms with Crippen LogP contribution in [0.1, 0.15) is 79.0 Å². The molecule has 0 unspecified atom stereocenters. The Morgan fingerprint density at radius 1 is 0.486 bits per heavy atom. The van der Waals surface area contributed by atoms with Gasteiger partial charge in [-0.15, -0.1) is 29.7 Å². The van der Waals surface area contributed by atoms with Crippen molar-refractivity contribution in [1.82, 2.24) is 14.1 Å². The van der Waals surface area contributed by atoms with Crippen LogP contribution in [-0.2, 0) is 37.3 Å². The second-order valence-corrected chi connectivity index (χ2v) is 22.1. The average Bonchev–Trinajstić information content (AvgIpc) is 3.92. The van der Waals surface area contributed by atoms with Crippen molar-refractivity contribution < 1.29 is 30.4 Å². The fraction of sp³-hybridized carbons (Fsp3) is 0.182. The Balaban J connectivity index is 0.00000560. The summed E-state index contributed by atoms with van der Waals surface area (Å²) in [7, 11) is 0. The summed E-state index contributed by atoms with van der Waals surface area (Å²) in [6, 6.07) is 68.7. The van der Waals surface area contributed by atoms with Gasteiger partial charge in [0.05, 0.1) is 16.7 Å². The van der Waals surface area contributed by atoms with Gasteiger partial charge in [0, 0.05) is 44.3 Å². The first-order chi connectivity index (χ1) is 34.1. The van der Waals surface area contributed by atoms with Gasteiger partial charge in [0.2, 0.25) is 0 Å². The third-order valence-corrected chi connectivity index (χ3v) is 14.2. The first kappa shape index (κ1) is 47.0. The van der Waals surface area contributed by atoms with E-state index >= 15 is 0 Å². The summed E-state index contributed by atoms with van der Waals surface area (Å²) in [6.07, 6.45) is 5.89. The topological polar surface area (TPSA) is 35.9 Å². The molecule has 0 aliphatic carbocycles. The molecule has 0 fully saturated rings. The molecule has 358 valence electrons. The Hall–Kier alpha value is -7.33.